The van der Waals surface area contributed by atoms with Gasteiger partial charge in [-0.3, -0.25) is 4.90 Å². The summed E-state index contributed by atoms with van der Waals surface area (Å²) in [5.41, 5.74) is 0.780. The van der Waals surface area contributed by atoms with E-state index in [1.165, 1.54) is 0 Å². The molecule has 1 aliphatic heterocycles. The van der Waals surface area contributed by atoms with Crippen molar-refractivity contribution >= 4 is 11.6 Å². The Morgan fingerprint density at radius 1 is 1.50 bits per heavy atom. The van der Waals surface area contributed by atoms with Gasteiger partial charge in [-0.25, -0.2) is 0 Å². The highest BCUT2D eigenvalue weighted by Crippen LogP contribution is 2.26. The van der Waals surface area contributed by atoms with Gasteiger partial charge in [0.1, 0.15) is 18.5 Å². The summed E-state index contributed by atoms with van der Waals surface area (Å²) in [6.07, 6.45) is 0.0692. The third-order valence-corrected chi connectivity index (χ3v) is 3.80. The molecule has 0 aromatic heterocycles. The van der Waals surface area contributed by atoms with E-state index < -0.39 is 0 Å². The summed E-state index contributed by atoms with van der Waals surface area (Å²) in [5, 5.41) is 9.56. The smallest absolute Gasteiger partial charge is 0.138 e. The van der Waals surface area contributed by atoms with E-state index in [0.717, 1.165) is 25.3 Å². The standard InChI is InChI=1S/C15H22ClNO3/c1-11(2)17-5-6-19-13(8-17)10-20-15-4-3-12(9-18)7-14(15)16/h3-4,7,11,13,18H,5-6,8-10H2,1-2H3. The zero-order chi connectivity index (χ0) is 14.5. The minimum atomic E-state index is -0.0188. The zero-order valence-electron chi connectivity index (χ0n) is 12.0. The van der Waals surface area contributed by atoms with Crippen molar-refractivity contribution in [2.75, 3.05) is 26.3 Å². The molecule has 112 valence electrons. The highest BCUT2D eigenvalue weighted by Gasteiger charge is 2.22. The largest absolute Gasteiger partial charge is 0.489 e. The van der Waals surface area contributed by atoms with E-state index in [2.05, 4.69) is 18.7 Å². The van der Waals surface area contributed by atoms with Crippen LogP contribution in [0.3, 0.4) is 0 Å². The van der Waals surface area contributed by atoms with Crippen molar-refractivity contribution in [2.24, 2.45) is 0 Å². The second kappa shape index (κ2) is 7.27. The van der Waals surface area contributed by atoms with Gasteiger partial charge in [-0.05, 0) is 31.5 Å². The molecular formula is C15H22ClNO3. The molecule has 5 heteroatoms. The number of ether oxygens (including phenoxy) is 2. The minimum Gasteiger partial charge on any atom is -0.489 e. The summed E-state index contributed by atoms with van der Waals surface area (Å²) in [5.74, 6) is 0.633. The van der Waals surface area contributed by atoms with E-state index in [1.807, 2.05) is 6.07 Å². The van der Waals surface area contributed by atoms with Crippen LogP contribution >= 0.6 is 11.6 Å². The molecule has 1 heterocycles. The average Bonchev–Trinajstić information content (AvgIpc) is 2.46. The second-order valence-corrected chi connectivity index (χ2v) is 5.72. The van der Waals surface area contributed by atoms with Crippen LogP contribution in [-0.4, -0.2) is 48.5 Å². The highest BCUT2D eigenvalue weighted by molar-refractivity contribution is 6.32. The van der Waals surface area contributed by atoms with Gasteiger partial charge in [0.2, 0.25) is 0 Å². The lowest BCUT2D eigenvalue weighted by Crippen LogP contribution is -2.47. The van der Waals surface area contributed by atoms with Crippen molar-refractivity contribution in [3.05, 3.63) is 28.8 Å². The Labute approximate surface area is 125 Å². The average molecular weight is 300 g/mol. The molecule has 0 aliphatic carbocycles. The van der Waals surface area contributed by atoms with Gasteiger partial charge in [0.15, 0.2) is 0 Å². The number of morpholine rings is 1. The number of benzene rings is 1. The molecule has 0 radical (unpaired) electrons. The maximum absolute atomic E-state index is 9.04. The molecule has 0 saturated carbocycles. The third kappa shape index (κ3) is 4.09. The van der Waals surface area contributed by atoms with E-state index in [9.17, 15) is 0 Å². The van der Waals surface area contributed by atoms with Gasteiger partial charge >= 0.3 is 0 Å². The molecule has 4 nitrogen and oxygen atoms in total. The summed E-state index contributed by atoms with van der Waals surface area (Å²) in [6, 6.07) is 5.84. The molecule has 1 aromatic rings. The van der Waals surface area contributed by atoms with Crippen LogP contribution < -0.4 is 4.74 Å². The van der Waals surface area contributed by atoms with Gasteiger partial charge in [-0.1, -0.05) is 17.7 Å². The van der Waals surface area contributed by atoms with Gasteiger partial charge in [-0.15, -0.1) is 0 Å². The summed E-state index contributed by atoms with van der Waals surface area (Å²) in [6.45, 7) is 7.44. The van der Waals surface area contributed by atoms with Crippen molar-refractivity contribution in [1.29, 1.82) is 0 Å². The van der Waals surface area contributed by atoms with E-state index in [-0.39, 0.29) is 12.7 Å². The number of rotatable bonds is 5. The quantitative estimate of drug-likeness (QED) is 0.906. The number of halogens is 1. The van der Waals surface area contributed by atoms with Crippen LogP contribution in [0.2, 0.25) is 5.02 Å². The molecule has 1 unspecified atom stereocenters. The fourth-order valence-electron chi connectivity index (χ4n) is 2.25. The molecular weight excluding hydrogens is 278 g/mol. The molecule has 2 rings (SSSR count). The number of aliphatic hydroxyl groups excluding tert-OH is 1. The fraction of sp³-hybridized carbons (Fsp3) is 0.600. The summed E-state index contributed by atoms with van der Waals surface area (Å²) in [7, 11) is 0. The first kappa shape index (κ1) is 15.6. The molecule has 20 heavy (non-hydrogen) atoms. The lowest BCUT2D eigenvalue weighted by Gasteiger charge is -2.35. The maximum atomic E-state index is 9.04. The fourth-order valence-corrected chi connectivity index (χ4v) is 2.51. The molecule has 1 fully saturated rings. The van der Waals surface area contributed by atoms with Crippen molar-refractivity contribution in [2.45, 2.75) is 32.6 Å². The molecule has 1 aliphatic rings. The Morgan fingerprint density at radius 2 is 2.30 bits per heavy atom. The summed E-state index contributed by atoms with van der Waals surface area (Å²) < 4.78 is 11.5. The normalized spacial score (nSPS) is 20.4. The van der Waals surface area contributed by atoms with E-state index in [4.69, 9.17) is 26.2 Å². The third-order valence-electron chi connectivity index (χ3n) is 3.50. The molecule has 0 amide bonds. The minimum absolute atomic E-state index is 0.0188. The zero-order valence-corrected chi connectivity index (χ0v) is 12.8. The Morgan fingerprint density at radius 3 is 2.95 bits per heavy atom. The van der Waals surface area contributed by atoms with Crippen LogP contribution in [0, 0.1) is 0 Å². The lowest BCUT2D eigenvalue weighted by atomic mass is 10.2. The summed E-state index contributed by atoms with van der Waals surface area (Å²) >= 11 is 6.12. The molecule has 1 atom stereocenters. The predicted octanol–water partition coefficient (Wildman–Crippen LogP) is 2.32. The van der Waals surface area contributed by atoms with Crippen LogP contribution in [0.1, 0.15) is 19.4 Å². The molecule has 0 spiro atoms. The van der Waals surface area contributed by atoms with Crippen LogP contribution in [0.15, 0.2) is 18.2 Å². The monoisotopic (exact) mass is 299 g/mol. The van der Waals surface area contributed by atoms with Crippen LogP contribution in [0.4, 0.5) is 0 Å². The lowest BCUT2D eigenvalue weighted by molar-refractivity contribution is -0.0564. The number of hydrogen-bond acceptors (Lipinski definition) is 4. The van der Waals surface area contributed by atoms with Gasteiger partial charge in [0.25, 0.3) is 0 Å². The van der Waals surface area contributed by atoms with E-state index >= 15 is 0 Å². The van der Waals surface area contributed by atoms with Gasteiger partial charge in [0, 0.05) is 19.1 Å². The highest BCUT2D eigenvalue weighted by atomic mass is 35.5. The Balaban J connectivity index is 1.88. The molecule has 1 saturated heterocycles. The Kier molecular flexibility index (Phi) is 5.66. The predicted molar refractivity (Wildman–Crippen MR) is 79.3 cm³/mol. The second-order valence-electron chi connectivity index (χ2n) is 5.32. The van der Waals surface area contributed by atoms with E-state index in [0.29, 0.717) is 23.4 Å². The van der Waals surface area contributed by atoms with Crippen molar-refractivity contribution < 1.29 is 14.6 Å². The van der Waals surface area contributed by atoms with Crippen molar-refractivity contribution in [3.63, 3.8) is 0 Å². The van der Waals surface area contributed by atoms with Crippen LogP contribution in [-0.2, 0) is 11.3 Å². The van der Waals surface area contributed by atoms with Crippen molar-refractivity contribution in [1.82, 2.24) is 4.90 Å². The topological polar surface area (TPSA) is 41.9 Å². The van der Waals surface area contributed by atoms with Crippen LogP contribution in [0.5, 0.6) is 5.75 Å². The van der Waals surface area contributed by atoms with Gasteiger partial charge < -0.3 is 14.6 Å². The molecule has 0 bridgehead atoms. The van der Waals surface area contributed by atoms with Crippen LogP contribution in [0.25, 0.3) is 0 Å². The Hall–Kier alpha value is -0.810. The first-order chi connectivity index (χ1) is 9.60. The SMILES string of the molecule is CC(C)N1CCOC(COc2ccc(CO)cc2Cl)C1. The number of nitrogens with zero attached hydrogens (tertiary/aromatic N) is 1. The van der Waals surface area contributed by atoms with Gasteiger partial charge in [0.05, 0.1) is 18.2 Å². The van der Waals surface area contributed by atoms with Gasteiger partial charge in [-0.2, -0.15) is 0 Å². The Bertz CT molecular complexity index is 439. The maximum Gasteiger partial charge on any atom is 0.138 e. The summed E-state index contributed by atoms with van der Waals surface area (Å²) in [4.78, 5) is 2.38. The molecule has 1 N–H and O–H groups in total. The first-order valence-electron chi connectivity index (χ1n) is 6.98. The number of aliphatic hydroxyl groups is 1. The van der Waals surface area contributed by atoms with E-state index in [1.54, 1.807) is 12.1 Å². The number of hydrogen-bond donors (Lipinski definition) is 1. The first-order valence-corrected chi connectivity index (χ1v) is 7.35. The molecule has 1 aromatic carbocycles. The van der Waals surface area contributed by atoms with Crippen molar-refractivity contribution in [3.8, 4) is 5.75 Å².